The molecule has 0 unspecified atom stereocenters. The molecule has 0 saturated carbocycles. The van der Waals surface area contributed by atoms with E-state index in [9.17, 15) is 9.59 Å². The summed E-state index contributed by atoms with van der Waals surface area (Å²) in [5.41, 5.74) is 3.18. The minimum atomic E-state index is -0.0921. The van der Waals surface area contributed by atoms with Crippen LogP contribution in [-0.4, -0.2) is 24.9 Å². The maximum absolute atomic E-state index is 12.1. The molecule has 1 aromatic rings. The van der Waals surface area contributed by atoms with Crippen LogP contribution in [0, 0.1) is 6.92 Å². The van der Waals surface area contributed by atoms with Crippen molar-refractivity contribution in [2.45, 2.75) is 52.4 Å². The van der Waals surface area contributed by atoms with E-state index in [1.54, 1.807) is 17.0 Å². The molecule has 0 spiro atoms. The number of benzene rings is 1. The van der Waals surface area contributed by atoms with Gasteiger partial charge in [0.25, 0.3) is 0 Å². The summed E-state index contributed by atoms with van der Waals surface area (Å²) in [5, 5.41) is 3.54. The van der Waals surface area contributed by atoms with E-state index in [2.05, 4.69) is 11.4 Å². The molecule has 0 atom stereocenters. The van der Waals surface area contributed by atoms with Crippen LogP contribution in [-0.2, 0) is 9.59 Å². The van der Waals surface area contributed by atoms with Crippen LogP contribution in [0.25, 0.3) is 0 Å². The van der Waals surface area contributed by atoms with Gasteiger partial charge in [-0.25, -0.2) is 0 Å². The lowest BCUT2D eigenvalue weighted by Gasteiger charge is -2.23. The van der Waals surface area contributed by atoms with Crippen LogP contribution < -0.4 is 10.2 Å². The highest BCUT2D eigenvalue weighted by molar-refractivity contribution is 6.31. The number of nitrogens with zero attached hydrogens (tertiary/aromatic N) is 1. The number of hydrogen-bond donors (Lipinski definition) is 1. The van der Waals surface area contributed by atoms with Gasteiger partial charge in [0.1, 0.15) is 0 Å². The van der Waals surface area contributed by atoms with Gasteiger partial charge in [0.15, 0.2) is 0 Å². The Morgan fingerprint density at radius 1 is 1.28 bits per heavy atom. The molecule has 0 heterocycles. The fourth-order valence-electron chi connectivity index (χ4n) is 3.12. The molecule has 0 aromatic heterocycles. The third-order valence-electron chi connectivity index (χ3n) is 4.56. The molecule has 0 bridgehead atoms. The first-order valence-electron chi connectivity index (χ1n) is 8.96. The third-order valence-corrected chi connectivity index (χ3v) is 4.79. The predicted molar refractivity (Wildman–Crippen MR) is 103 cm³/mol. The van der Waals surface area contributed by atoms with E-state index in [0.717, 1.165) is 30.5 Å². The van der Waals surface area contributed by atoms with Crippen LogP contribution in [0.4, 0.5) is 5.69 Å². The topological polar surface area (TPSA) is 49.4 Å². The number of aryl methyl sites for hydroxylation is 1. The van der Waals surface area contributed by atoms with Gasteiger partial charge in [-0.3, -0.25) is 9.59 Å². The van der Waals surface area contributed by atoms with Crippen LogP contribution in [0.5, 0.6) is 0 Å². The monoisotopic (exact) mass is 362 g/mol. The lowest BCUT2D eigenvalue weighted by Crippen LogP contribution is -2.34. The summed E-state index contributed by atoms with van der Waals surface area (Å²) in [4.78, 5) is 25.7. The van der Waals surface area contributed by atoms with Gasteiger partial charge in [-0.15, -0.1) is 0 Å². The molecule has 2 rings (SSSR count). The minimum Gasteiger partial charge on any atom is -0.356 e. The van der Waals surface area contributed by atoms with Crippen LogP contribution in [0.1, 0.15) is 51.0 Å². The zero-order valence-electron chi connectivity index (χ0n) is 15.1. The van der Waals surface area contributed by atoms with Gasteiger partial charge in [-0.1, -0.05) is 29.3 Å². The van der Waals surface area contributed by atoms with E-state index >= 15 is 0 Å². The number of halogens is 1. The zero-order valence-corrected chi connectivity index (χ0v) is 15.9. The van der Waals surface area contributed by atoms with E-state index in [-0.39, 0.29) is 18.2 Å². The van der Waals surface area contributed by atoms with Crippen molar-refractivity contribution in [3.8, 4) is 0 Å². The number of amides is 2. The molecule has 0 radical (unpaired) electrons. The van der Waals surface area contributed by atoms with Gasteiger partial charge in [0.2, 0.25) is 11.8 Å². The molecule has 1 aliphatic carbocycles. The predicted octanol–water partition coefficient (Wildman–Crippen LogP) is 4.40. The summed E-state index contributed by atoms with van der Waals surface area (Å²) in [6, 6.07) is 5.45. The second-order valence-corrected chi connectivity index (χ2v) is 7.00. The molecule has 1 N–H and O–H groups in total. The lowest BCUT2D eigenvalue weighted by molar-refractivity contribution is -0.121. The summed E-state index contributed by atoms with van der Waals surface area (Å²) in [6.45, 7) is 4.46. The summed E-state index contributed by atoms with van der Waals surface area (Å²) in [5.74, 6) is -0.118. The fraction of sp³-hybridized carbons (Fsp3) is 0.500. The number of carbonyl (C=O) groups excluding carboxylic acids is 2. The highest BCUT2D eigenvalue weighted by Gasteiger charge is 2.16. The van der Waals surface area contributed by atoms with E-state index in [0.29, 0.717) is 18.1 Å². The molecule has 25 heavy (non-hydrogen) atoms. The van der Waals surface area contributed by atoms with Crippen LogP contribution >= 0.6 is 11.6 Å². The highest BCUT2D eigenvalue weighted by atomic mass is 35.5. The van der Waals surface area contributed by atoms with Crippen molar-refractivity contribution in [3.05, 3.63) is 40.4 Å². The van der Waals surface area contributed by atoms with Crippen molar-refractivity contribution in [3.63, 3.8) is 0 Å². The molecule has 0 saturated heterocycles. The number of anilines is 1. The first-order chi connectivity index (χ1) is 12.0. The molecule has 5 heteroatoms. The fourth-order valence-corrected chi connectivity index (χ4v) is 3.28. The maximum atomic E-state index is 12.1. The van der Waals surface area contributed by atoms with Crippen LogP contribution in [0.3, 0.4) is 0 Å². The van der Waals surface area contributed by atoms with Crippen molar-refractivity contribution >= 4 is 29.1 Å². The van der Waals surface area contributed by atoms with Gasteiger partial charge in [-0.2, -0.15) is 0 Å². The lowest BCUT2D eigenvalue weighted by atomic mass is 9.97. The van der Waals surface area contributed by atoms with Gasteiger partial charge in [0.05, 0.1) is 0 Å². The number of nitrogens with one attached hydrogen (secondary N) is 1. The molecular formula is C20H27ClN2O2. The van der Waals surface area contributed by atoms with Gasteiger partial charge in [-0.05, 0) is 56.7 Å². The third kappa shape index (κ3) is 6.20. The summed E-state index contributed by atoms with van der Waals surface area (Å²) in [6.07, 6.45) is 8.36. The van der Waals surface area contributed by atoms with E-state index in [1.807, 2.05) is 13.0 Å². The average Bonchev–Trinajstić information content (AvgIpc) is 2.58. The van der Waals surface area contributed by atoms with Gasteiger partial charge >= 0.3 is 0 Å². The first-order valence-corrected chi connectivity index (χ1v) is 9.34. The van der Waals surface area contributed by atoms with Gasteiger partial charge < -0.3 is 10.2 Å². The largest absolute Gasteiger partial charge is 0.356 e. The van der Waals surface area contributed by atoms with Crippen molar-refractivity contribution in [1.82, 2.24) is 5.32 Å². The number of hydrogen-bond acceptors (Lipinski definition) is 2. The summed E-state index contributed by atoms with van der Waals surface area (Å²) >= 11 is 6.05. The van der Waals surface area contributed by atoms with Crippen molar-refractivity contribution in [2.24, 2.45) is 0 Å². The van der Waals surface area contributed by atoms with Crippen molar-refractivity contribution < 1.29 is 9.59 Å². The first kappa shape index (κ1) is 19.5. The Labute approximate surface area is 155 Å². The number of carbonyl (C=O) groups is 2. The van der Waals surface area contributed by atoms with E-state index in [1.165, 1.54) is 25.3 Å². The second kappa shape index (κ2) is 9.62. The molecule has 2 amide bonds. The molecule has 136 valence electrons. The maximum Gasteiger partial charge on any atom is 0.223 e. The van der Waals surface area contributed by atoms with Crippen molar-refractivity contribution in [2.75, 3.05) is 18.0 Å². The SMILES string of the molecule is CC(=O)N(CCC(=O)NCCC1=CCCCC1)c1cc(Cl)ccc1C. The normalized spacial score (nSPS) is 14.0. The molecule has 1 aliphatic rings. The van der Waals surface area contributed by atoms with E-state index in [4.69, 9.17) is 11.6 Å². The quantitative estimate of drug-likeness (QED) is 0.731. The molecular weight excluding hydrogens is 336 g/mol. The molecule has 0 fully saturated rings. The van der Waals surface area contributed by atoms with Crippen LogP contribution in [0.2, 0.25) is 5.02 Å². The summed E-state index contributed by atoms with van der Waals surface area (Å²) < 4.78 is 0. The Morgan fingerprint density at radius 3 is 2.76 bits per heavy atom. The van der Waals surface area contributed by atoms with Gasteiger partial charge in [0, 0.05) is 37.1 Å². The number of allylic oxidation sites excluding steroid dienone is 1. The standard InChI is InChI=1S/C20H27ClN2O2/c1-15-8-9-18(21)14-19(15)23(16(2)24)13-11-20(25)22-12-10-17-6-4-3-5-7-17/h6,8-9,14H,3-5,7,10-13H2,1-2H3,(H,22,25). The Morgan fingerprint density at radius 2 is 2.08 bits per heavy atom. The number of rotatable bonds is 7. The zero-order chi connectivity index (χ0) is 18.2. The summed E-state index contributed by atoms with van der Waals surface area (Å²) in [7, 11) is 0. The van der Waals surface area contributed by atoms with Crippen molar-refractivity contribution in [1.29, 1.82) is 0 Å². The Bertz CT molecular complexity index is 655. The Hall–Kier alpha value is -1.81. The second-order valence-electron chi connectivity index (χ2n) is 6.56. The van der Waals surface area contributed by atoms with Crippen LogP contribution in [0.15, 0.2) is 29.8 Å². The molecule has 1 aromatic carbocycles. The Balaban J connectivity index is 1.84. The van der Waals surface area contributed by atoms with E-state index < -0.39 is 0 Å². The average molecular weight is 363 g/mol. The minimum absolute atomic E-state index is 0.0256. The molecule has 0 aliphatic heterocycles. The highest BCUT2D eigenvalue weighted by Crippen LogP contribution is 2.24. The molecule has 4 nitrogen and oxygen atoms in total. The smallest absolute Gasteiger partial charge is 0.223 e. The Kier molecular flexibility index (Phi) is 7.51.